The fourth-order valence-electron chi connectivity index (χ4n) is 2.34. The largest absolute Gasteiger partial charge is 0.294 e. The lowest BCUT2D eigenvalue weighted by Crippen LogP contribution is -2.00. The van der Waals surface area contributed by atoms with Crippen LogP contribution >= 0.6 is 0 Å². The van der Waals surface area contributed by atoms with Crippen LogP contribution in [0.1, 0.15) is 35.7 Å². The molecule has 0 spiro atoms. The zero-order chi connectivity index (χ0) is 13.2. The minimum absolute atomic E-state index is 0.301. The summed E-state index contributed by atoms with van der Waals surface area (Å²) in [5.74, 6) is 0.613. The summed E-state index contributed by atoms with van der Waals surface area (Å²) in [6.07, 6.45) is 3.20. The quantitative estimate of drug-likeness (QED) is 0.730. The van der Waals surface area contributed by atoms with Gasteiger partial charge in [-0.1, -0.05) is 55.5 Å². The van der Waals surface area contributed by atoms with Gasteiger partial charge in [-0.2, -0.15) is 0 Å². The molecule has 1 fully saturated rings. The molecule has 19 heavy (non-hydrogen) atoms. The van der Waals surface area contributed by atoms with Crippen molar-refractivity contribution in [2.75, 3.05) is 0 Å². The number of rotatable bonds is 4. The molecule has 0 bridgehead atoms. The maximum absolute atomic E-state index is 11.9. The molecule has 0 amide bonds. The zero-order valence-corrected chi connectivity index (χ0v) is 11.2. The fraction of sp³-hybridized carbons (Fsp3) is 0.278. The van der Waals surface area contributed by atoms with E-state index in [0.29, 0.717) is 11.7 Å². The van der Waals surface area contributed by atoms with Crippen LogP contribution in [0.25, 0.3) is 11.1 Å². The van der Waals surface area contributed by atoms with E-state index in [1.54, 1.807) is 0 Å². The van der Waals surface area contributed by atoms with Crippen molar-refractivity contribution in [3.8, 4) is 11.1 Å². The molecule has 3 rings (SSSR count). The first-order chi connectivity index (χ1) is 9.28. The van der Waals surface area contributed by atoms with Gasteiger partial charge < -0.3 is 0 Å². The van der Waals surface area contributed by atoms with Crippen molar-refractivity contribution in [3.63, 3.8) is 0 Å². The summed E-state index contributed by atoms with van der Waals surface area (Å²) in [6.45, 7) is 2.16. The minimum Gasteiger partial charge on any atom is -0.294 e. The van der Waals surface area contributed by atoms with Gasteiger partial charge in [-0.3, -0.25) is 4.79 Å². The van der Waals surface area contributed by atoms with Gasteiger partial charge in [0.15, 0.2) is 5.78 Å². The van der Waals surface area contributed by atoms with Crippen molar-refractivity contribution in [2.45, 2.75) is 26.2 Å². The van der Waals surface area contributed by atoms with Gasteiger partial charge in [0.1, 0.15) is 0 Å². The van der Waals surface area contributed by atoms with Crippen LogP contribution in [0.3, 0.4) is 0 Å². The molecule has 0 unspecified atom stereocenters. The molecular weight excluding hydrogens is 232 g/mol. The number of Topliss-reactive ketones (excluding diaryl/α,β-unsaturated/α-hetero) is 1. The van der Waals surface area contributed by atoms with E-state index in [-0.39, 0.29) is 0 Å². The van der Waals surface area contributed by atoms with Gasteiger partial charge in [0, 0.05) is 11.5 Å². The van der Waals surface area contributed by atoms with Crippen molar-refractivity contribution < 1.29 is 4.79 Å². The van der Waals surface area contributed by atoms with Crippen LogP contribution in [0.5, 0.6) is 0 Å². The van der Waals surface area contributed by atoms with Gasteiger partial charge in [-0.15, -0.1) is 0 Å². The second kappa shape index (κ2) is 5.00. The van der Waals surface area contributed by atoms with Crippen LogP contribution in [-0.2, 0) is 6.42 Å². The summed E-state index contributed by atoms with van der Waals surface area (Å²) in [7, 11) is 0. The summed E-state index contributed by atoms with van der Waals surface area (Å²) in [5.41, 5.74) is 4.60. The number of benzene rings is 2. The smallest absolute Gasteiger partial charge is 0.165 e. The minimum atomic E-state index is 0.301. The molecule has 0 N–H and O–H groups in total. The first-order valence-electron chi connectivity index (χ1n) is 7.01. The predicted molar refractivity (Wildman–Crippen MR) is 78.3 cm³/mol. The Labute approximate surface area is 114 Å². The summed E-state index contributed by atoms with van der Waals surface area (Å²) in [5, 5.41) is 0. The summed E-state index contributed by atoms with van der Waals surface area (Å²) >= 11 is 0. The number of carbonyl (C=O) groups is 1. The molecule has 0 heterocycles. The molecule has 0 aromatic heterocycles. The van der Waals surface area contributed by atoms with E-state index in [1.165, 1.54) is 16.7 Å². The standard InChI is InChI=1S/C18H18O/c1-2-13-3-5-14(6-4-13)15-7-9-16(10-8-15)18(19)17-11-12-17/h3-10,17H,2,11-12H2,1H3. The zero-order valence-electron chi connectivity index (χ0n) is 11.2. The Kier molecular flexibility index (Phi) is 3.20. The van der Waals surface area contributed by atoms with E-state index in [2.05, 4.69) is 43.3 Å². The van der Waals surface area contributed by atoms with Gasteiger partial charge in [0.05, 0.1) is 0 Å². The van der Waals surface area contributed by atoms with E-state index >= 15 is 0 Å². The Hall–Kier alpha value is -1.89. The molecule has 0 radical (unpaired) electrons. The molecular formula is C18H18O. The molecule has 0 saturated heterocycles. The molecule has 1 aliphatic rings. The van der Waals surface area contributed by atoms with Gasteiger partial charge in [-0.05, 0) is 36.0 Å². The van der Waals surface area contributed by atoms with Gasteiger partial charge in [-0.25, -0.2) is 0 Å². The van der Waals surface area contributed by atoms with Gasteiger partial charge in [0.25, 0.3) is 0 Å². The maximum Gasteiger partial charge on any atom is 0.165 e. The number of carbonyl (C=O) groups excluding carboxylic acids is 1. The molecule has 1 aliphatic carbocycles. The highest BCUT2D eigenvalue weighted by atomic mass is 16.1. The molecule has 96 valence electrons. The average molecular weight is 250 g/mol. The molecule has 1 nitrogen and oxygen atoms in total. The number of ketones is 1. The number of hydrogen-bond donors (Lipinski definition) is 0. The van der Waals surface area contributed by atoms with E-state index in [1.807, 2.05) is 12.1 Å². The van der Waals surface area contributed by atoms with E-state index in [4.69, 9.17) is 0 Å². The van der Waals surface area contributed by atoms with Crippen LogP contribution in [-0.4, -0.2) is 5.78 Å². The highest BCUT2D eigenvalue weighted by Crippen LogP contribution is 2.33. The van der Waals surface area contributed by atoms with Gasteiger partial charge in [0.2, 0.25) is 0 Å². The first kappa shape index (κ1) is 12.2. The highest BCUT2D eigenvalue weighted by Gasteiger charge is 2.30. The molecule has 0 atom stereocenters. The Bertz CT molecular complexity index is 574. The fourth-order valence-corrected chi connectivity index (χ4v) is 2.34. The van der Waals surface area contributed by atoms with Gasteiger partial charge >= 0.3 is 0 Å². The third kappa shape index (κ3) is 2.60. The van der Waals surface area contributed by atoms with E-state index in [0.717, 1.165) is 24.8 Å². The van der Waals surface area contributed by atoms with Crippen LogP contribution in [0, 0.1) is 5.92 Å². The second-order valence-corrected chi connectivity index (χ2v) is 5.27. The molecule has 2 aromatic carbocycles. The van der Waals surface area contributed by atoms with Crippen molar-refractivity contribution in [1.29, 1.82) is 0 Å². The monoisotopic (exact) mass is 250 g/mol. The van der Waals surface area contributed by atoms with Crippen LogP contribution < -0.4 is 0 Å². The van der Waals surface area contributed by atoms with E-state index in [9.17, 15) is 4.79 Å². The Morgan fingerprint density at radius 2 is 1.47 bits per heavy atom. The van der Waals surface area contributed by atoms with Crippen LogP contribution in [0.15, 0.2) is 48.5 Å². The number of hydrogen-bond acceptors (Lipinski definition) is 1. The van der Waals surface area contributed by atoms with Crippen molar-refractivity contribution in [3.05, 3.63) is 59.7 Å². The third-order valence-corrected chi connectivity index (χ3v) is 3.81. The molecule has 1 heteroatoms. The normalized spacial score (nSPS) is 14.4. The lowest BCUT2D eigenvalue weighted by atomic mass is 10.00. The average Bonchev–Trinajstić information content (AvgIpc) is 3.31. The molecule has 2 aromatic rings. The third-order valence-electron chi connectivity index (χ3n) is 3.81. The van der Waals surface area contributed by atoms with E-state index < -0.39 is 0 Å². The van der Waals surface area contributed by atoms with Crippen LogP contribution in [0.2, 0.25) is 0 Å². The SMILES string of the molecule is CCc1ccc(-c2ccc(C(=O)C3CC3)cc2)cc1. The van der Waals surface area contributed by atoms with Crippen molar-refractivity contribution in [1.82, 2.24) is 0 Å². The number of aryl methyl sites for hydroxylation is 1. The van der Waals surface area contributed by atoms with Crippen LogP contribution in [0.4, 0.5) is 0 Å². The van der Waals surface area contributed by atoms with Crippen molar-refractivity contribution >= 4 is 5.78 Å². The Morgan fingerprint density at radius 1 is 0.947 bits per heavy atom. The summed E-state index contributed by atoms with van der Waals surface area (Å²) in [4.78, 5) is 11.9. The summed E-state index contributed by atoms with van der Waals surface area (Å²) < 4.78 is 0. The second-order valence-electron chi connectivity index (χ2n) is 5.27. The van der Waals surface area contributed by atoms with Crippen molar-refractivity contribution in [2.24, 2.45) is 5.92 Å². The molecule has 0 aliphatic heterocycles. The Morgan fingerprint density at radius 3 is 1.95 bits per heavy atom. The molecule has 1 saturated carbocycles. The topological polar surface area (TPSA) is 17.1 Å². The first-order valence-corrected chi connectivity index (χ1v) is 7.01. The predicted octanol–water partition coefficient (Wildman–Crippen LogP) is 4.51. The Balaban J connectivity index is 1.82. The maximum atomic E-state index is 11.9. The lowest BCUT2D eigenvalue weighted by Gasteiger charge is -2.05. The highest BCUT2D eigenvalue weighted by molar-refractivity contribution is 5.99. The summed E-state index contributed by atoms with van der Waals surface area (Å²) in [6, 6.07) is 16.7. The lowest BCUT2D eigenvalue weighted by molar-refractivity contribution is 0.0967.